The first kappa shape index (κ1) is 17.2. The summed E-state index contributed by atoms with van der Waals surface area (Å²) in [5.74, 6) is -0.223. The van der Waals surface area contributed by atoms with Gasteiger partial charge in [0.1, 0.15) is 0 Å². The summed E-state index contributed by atoms with van der Waals surface area (Å²) in [7, 11) is 0. The summed E-state index contributed by atoms with van der Waals surface area (Å²) < 4.78 is 1.91. The first-order valence-electron chi connectivity index (χ1n) is 7.93. The van der Waals surface area contributed by atoms with Crippen molar-refractivity contribution in [3.05, 3.63) is 64.1 Å². The van der Waals surface area contributed by atoms with Crippen LogP contribution in [0.15, 0.2) is 47.4 Å². The molecule has 0 spiro atoms. The fraction of sp³-hybridized carbons (Fsp3) is 0.389. The van der Waals surface area contributed by atoms with E-state index in [4.69, 9.17) is 0 Å². The lowest BCUT2D eigenvalue weighted by atomic mass is 10.2. The molecule has 0 radical (unpaired) electrons. The van der Waals surface area contributed by atoms with E-state index in [1.165, 1.54) is 12.3 Å². The highest BCUT2D eigenvalue weighted by Crippen LogP contribution is 2.12. The molecule has 5 heteroatoms. The third-order valence-corrected chi connectivity index (χ3v) is 3.71. The number of benzene rings is 1. The van der Waals surface area contributed by atoms with Crippen LogP contribution in [0.25, 0.3) is 0 Å². The Morgan fingerprint density at radius 1 is 1.17 bits per heavy atom. The van der Waals surface area contributed by atoms with Gasteiger partial charge in [0.05, 0.1) is 12.8 Å². The van der Waals surface area contributed by atoms with Gasteiger partial charge in [0, 0.05) is 37.9 Å². The van der Waals surface area contributed by atoms with Gasteiger partial charge in [-0.15, -0.1) is 0 Å². The average molecular weight is 316 g/mol. The Morgan fingerprint density at radius 2 is 1.91 bits per heavy atom. The highest BCUT2D eigenvalue weighted by atomic mass is 16.3. The highest BCUT2D eigenvalue weighted by Gasteiger charge is 2.11. The number of aromatic hydroxyl groups is 1. The van der Waals surface area contributed by atoms with Gasteiger partial charge in [-0.2, -0.15) is 0 Å². The lowest BCUT2D eigenvalue weighted by molar-refractivity contribution is 0.180. The van der Waals surface area contributed by atoms with E-state index in [1.54, 1.807) is 0 Å². The summed E-state index contributed by atoms with van der Waals surface area (Å²) in [5.41, 5.74) is 1.64. The smallest absolute Gasteiger partial charge is 0.223 e. The van der Waals surface area contributed by atoms with Crippen molar-refractivity contribution >= 4 is 0 Å². The molecular weight excluding hydrogens is 292 g/mol. The molecule has 1 aromatic carbocycles. The minimum Gasteiger partial charge on any atom is -0.503 e. The van der Waals surface area contributed by atoms with Crippen LogP contribution in [0.3, 0.4) is 0 Å². The summed E-state index contributed by atoms with van der Waals surface area (Å²) in [5, 5.41) is 19.0. The van der Waals surface area contributed by atoms with Gasteiger partial charge in [-0.25, -0.2) is 0 Å². The SMILES string of the molecule is CCCn1cc(O)c(=O)cc1CN(CCO)Cc1ccccc1. The largest absolute Gasteiger partial charge is 0.503 e. The third kappa shape index (κ3) is 4.94. The van der Waals surface area contributed by atoms with Crippen molar-refractivity contribution in [3.63, 3.8) is 0 Å². The number of aromatic nitrogens is 1. The molecule has 0 bridgehead atoms. The van der Waals surface area contributed by atoms with E-state index in [-0.39, 0.29) is 17.8 Å². The molecule has 2 aromatic rings. The minimum absolute atomic E-state index is 0.0585. The van der Waals surface area contributed by atoms with Crippen LogP contribution in [0.5, 0.6) is 5.75 Å². The Balaban J connectivity index is 2.22. The fourth-order valence-electron chi connectivity index (χ4n) is 2.61. The van der Waals surface area contributed by atoms with Crippen molar-refractivity contribution in [2.75, 3.05) is 13.2 Å². The molecule has 1 heterocycles. The first-order valence-corrected chi connectivity index (χ1v) is 7.93. The molecule has 124 valence electrons. The standard InChI is InChI=1S/C18H24N2O3/c1-2-8-20-14-18(23)17(22)11-16(20)13-19(9-10-21)12-15-6-4-3-5-7-15/h3-7,11,14,21,23H,2,8-10,12-13H2,1H3. The van der Waals surface area contributed by atoms with Gasteiger partial charge in [0.15, 0.2) is 5.75 Å². The molecule has 23 heavy (non-hydrogen) atoms. The molecule has 0 amide bonds. The van der Waals surface area contributed by atoms with Crippen LogP contribution >= 0.6 is 0 Å². The maximum atomic E-state index is 11.8. The van der Waals surface area contributed by atoms with E-state index in [9.17, 15) is 15.0 Å². The average Bonchev–Trinajstić information content (AvgIpc) is 2.53. The number of rotatable bonds is 8. The number of aliphatic hydroxyl groups is 1. The van der Waals surface area contributed by atoms with Gasteiger partial charge in [-0.05, 0) is 12.0 Å². The number of aryl methyl sites for hydroxylation is 1. The summed E-state index contributed by atoms with van der Waals surface area (Å²) >= 11 is 0. The molecule has 0 saturated carbocycles. The molecule has 2 N–H and O–H groups in total. The van der Waals surface area contributed by atoms with E-state index in [1.807, 2.05) is 41.8 Å². The Labute approximate surface area is 136 Å². The Morgan fingerprint density at radius 3 is 2.57 bits per heavy atom. The lowest BCUT2D eigenvalue weighted by Gasteiger charge is -2.23. The molecule has 0 aliphatic heterocycles. The van der Waals surface area contributed by atoms with Crippen molar-refractivity contribution < 1.29 is 10.2 Å². The highest BCUT2D eigenvalue weighted by molar-refractivity contribution is 5.21. The van der Waals surface area contributed by atoms with Crippen molar-refractivity contribution in [3.8, 4) is 5.75 Å². The summed E-state index contributed by atoms with van der Waals surface area (Å²) in [4.78, 5) is 13.9. The van der Waals surface area contributed by atoms with Gasteiger partial charge in [-0.3, -0.25) is 9.69 Å². The van der Waals surface area contributed by atoms with E-state index >= 15 is 0 Å². The monoisotopic (exact) mass is 316 g/mol. The second-order valence-electron chi connectivity index (χ2n) is 5.63. The van der Waals surface area contributed by atoms with Crippen molar-refractivity contribution in [2.45, 2.75) is 33.0 Å². The zero-order valence-corrected chi connectivity index (χ0v) is 13.5. The maximum absolute atomic E-state index is 11.8. The van der Waals surface area contributed by atoms with Gasteiger partial charge in [0.2, 0.25) is 5.43 Å². The van der Waals surface area contributed by atoms with Gasteiger partial charge in [0.25, 0.3) is 0 Å². The molecule has 2 rings (SSSR count). The van der Waals surface area contributed by atoms with Crippen molar-refractivity contribution in [2.24, 2.45) is 0 Å². The summed E-state index contributed by atoms with van der Waals surface area (Å²) in [6.07, 6.45) is 2.41. The van der Waals surface area contributed by atoms with E-state index in [0.29, 0.717) is 19.6 Å². The number of hydrogen-bond acceptors (Lipinski definition) is 4. The Hall–Kier alpha value is -2.11. The summed E-state index contributed by atoms with van der Waals surface area (Å²) in [6.45, 7) is 4.61. The molecule has 0 aliphatic carbocycles. The van der Waals surface area contributed by atoms with Gasteiger partial charge < -0.3 is 14.8 Å². The number of aliphatic hydroxyl groups excluding tert-OH is 1. The first-order chi connectivity index (χ1) is 11.1. The van der Waals surface area contributed by atoms with Crippen molar-refractivity contribution in [1.82, 2.24) is 9.47 Å². The normalized spacial score (nSPS) is 11.1. The van der Waals surface area contributed by atoms with Crippen molar-refractivity contribution in [1.29, 1.82) is 0 Å². The molecule has 1 aromatic heterocycles. The van der Waals surface area contributed by atoms with E-state index in [2.05, 4.69) is 4.90 Å². The Kier molecular flexibility index (Phi) is 6.38. The van der Waals surface area contributed by atoms with Crippen LogP contribution in [-0.4, -0.2) is 32.8 Å². The number of pyridine rings is 1. The van der Waals surface area contributed by atoms with Crippen LogP contribution in [-0.2, 0) is 19.6 Å². The molecule has 5 nitrogen and oxygen atoms in total. The number of nitrogens with zero attached hydrogens (tertiary/aromatic N) is 2. The van der Waals surface area contributed by atoms with E-state index < -0.39 is 0 Å². The van der Waals surface area contributed by atoms with Gasteiger partial charge >= 0.3 is 0 Å². The predicted octanol–water partition coefficient (Wildman–Crippen LogP) is 1.96. The maximum Gasteiger partial charge on any atom is 0.223 e. The summed E-state index contributed by atoms with van der Waals surface area (Å²) in [6, 6.07) is 11.5. The Bertz CT molecular complexity index is 668. The second-order valence-corrected chi connectivity index (χ2v) is 5.63. The van der Waals surface area contributed by atoms with Crippen LogP contribution < -0.4 is 5.43 Å². The molecule has 0 unspecified atom stereocenters. The second kappa shape index (κ2) is 8.50. The van der Waals surface area contributed by atoms with E-state index in [0.717, 1.165) is 24.2 Å². The third-order valence-electron chi connectivity index (χ3n) is 3.71. The van der Waals surface area contributed by atoms with Crippen LogP contribution in [0, 0.1) is 0 Å². The number of hydrogen-bond donors (Lipinski definition) is 2. The minimum atomic E-state index is -0.365. The molecule has 0 atom stereocenters. The lowest BCUT2D eigenvalue weighted by Crippen LogP contribution is -2.28. The van der Waals surface area contributed by atoms with Gasteiger partial charge in [-0.1, -0.05) is 37.3 Å². The predicted molar refractivity (Wildman–Crippen MR) is 90.3 cm³/mol. The topological polar surface area (TPSA) is 65.7 Å². The van der Waals surface area contributed by atoms with Crippen LogP contribution in [0.2, 0.25) is 0 Å². The molecule has 0 fully saturated rings. The zero-order valence-electron chi connectivity index (χ0n) is 13.5. The fourth-order valence-corrected chi connectivity index (χ4v) is 2.61. The quantitative estimate of drug-likeness (QED) is 0.781. The van der Waals surface area contributed by atoms with Crippen LogP contribution in [0.4, 0.5) is 0 Å². The zero-order chi connectivity index (χ0) is 16.7. The molecule has 0 aliphatic rings. The van der Waals surface area contributed by atoms with Crippen LogP contribution in [0.1, 0.15) is 24.6 Å². The molecular formula is C18H24N2O3. The molecule has 0 saturated heterocycles.